The van der Waals surface area contributed by atoms with Crippen LogP contribution in [0, 0.1) is 0 Å². The Morgan fingerprint density at radius 3 is 2.15 bits per heavy atom. The van der Waals surface area contributed by atoms with Gasteiger partial charge in [-0.3, -0.25) is 0 Å². The minimum Gasteiger partial charge on any atom is -0.229 e. The normalized spacial score (nSPS) is 14.4. The van der Waals surface area contributed by atoms with Crippen LogP contribution < -0.4 is 0 Å². The van der Waals surface area contributed by atoms with Crippen molar-refractivity contribution in [3.8, 4) is 0 Å². The van der Waals surface area contributed by atoms with E-state index >= 15 is 0 Å². The standard InChI is InChI=1S/C15H16Cl2O2S/c1-15(2,20(3,18)19)14(17)12-8-9-13(16)11-7-5-4-6-10(11)12/h4-9,14H,1-3H3. The van der Waals surface area contributed by atoms with Crippen molar-refractivity contribution in [1.82, 2.24) is 0 Å². The Bertz CT molecular complexity index is 752. The summed E-state index contributed by atoms with van der Waals surface area (Å²) in [5.41, 5.74) is 0.780. The maximum absolute atomic E-state index is 12.0. The van der Waals surface area contributed by atoms with Gasteiger partial charge in [-0.25, -0.2) is 8.42 Å². The van der Waals surface area contributed by atoms with Gasteiger partial charge >= 0.3 is 0 Å². The molecule has 2 nitrogen and oxygen atoms in total. The van der Waals surface area contributed by atoms with E-state index in [2.05, 4.69) is 0 Å². The molecule has 2 rings (SSSR count). The molecular formula is C15H16Cl2O2S. The van der Waals surface area contributed by atoms with Gasteiger partial charge in [0.25, 0.3) is 0 Å². The lowest BCUT2D eigenvalue weighted by atomic mass is 9.96. The number of benzene rings is 2. The van der Waals surface area contributed by atoms with Crippen LogP contribution >= 0.6 is 23.2 Å². The molecule has 0 aliphatic carbocycles. The Kier molecular flexibility index (Phi) is 4.07. The van der Waals surface area contributed by atoms with Crippen molar-refractivity contribution in [3.63, 3.8) is 0 Å². The monoisotopic (exact) mass is 330 g/mol. The zero-order valence-corrected chi connectivity index (χ0v) is 13.9. The summed E-state index contributed by atoms with van der Waals surface area (Å²) in [5.74, 6) is 0. The van der Waals surface area contributed by atoms with Crippen LogP contribution in [0.1, 0.15) is 24.8 Å². The minimum absolute atomic E-state index is 0.630. The van der Waals surface area contributed by atoms with E-state index in [4.69, 9.17) is 23.2 Å². The molecule has 1 atom stereocenters. The average Bonchev–Trinajstić information content (AvgIpc) is 2.37. The molecule has 0 fully saturated rings. The number of hydrogen-bond acceptors (Lipinski definition) is 2. The molecule has 0 saturated heterocycles. The van der Waals surface area contributed by atoms with Crippen LogP contribution in [0.3, 0.4) is 0 Å². The summed E-state index contributed by atoms with van der Waals surface area (Å²) in [5, 5.41) is 1.74. The number of halogens is 2. The van der Waals surface area contributed by atoms with Gasteiger partial charge in [0.1, 0.15) is 0 Å². The van der Waals surface area contributed by atoms with Crippen LogP contribution in [0.15, 0.2) is 36.4 Å². The Morgan fingerprint density at radius 2 is 1.60 bits per heavy atom. The number of rotatable bonds is 3. The third kappa shape index (κ3) is 2.54. The fourth-order valence-corrected chi connectivity index (χ4v) is 3.48. The zero-order valence-electron chi connectivity index (χ0n) is 11.5. The molecule has 0 bridgehead atoms. The van der Waals surface area contributed by atoms with Gasteiger partial charge in [0, 0.05) is 16.7 Å². The fourth-order valence-electron chi connectivity index (χ4n) is 2.07. The van der Waals surface area contributed by atoms with Crippen LogP contribution in [-0.4, -0.2) is 19.4 Å². The molecule has 2 aromatic carbocycles. The van der Waals surface area contributed by atoms with Crippen LogP contribution in [0.25, 0.3) is 10.8 Å². The summed E-state index contributed by atoms with van der Waals surface area (Å²) < 4.78 is 22.9. The number of hydrogen-bond donors (Lipinski definition) is 0. The van der Waals surface area contributed by atoms with E-state index in [1.165, 1.54) is 6.26 Å². The largest absolute Gasteiger partial charge is 0.229 e. The van der Waals surface area contributed by atoms with Gasteiger partial charge in [-0.05, 0) is 30.9 Å². The highest BCUT2D eigenvalue weighted by molar-refractivity contribution is 7.92. The van der Waals surface area contributed by atoms with Crippen LogP contribution in [0.5, 0.6) is 0 Å². The number of sulfone groups is 1. The third-order valence-electron chi connectivity index (χ3n) is 3.74. The summed E-state index contributed by atoms with van der Waals surface area (Å²) in [6.07, 6.45) is 1.21. The SMILES string of the molecule is CC(C)(C(Cl)c1ccc(Cl)c2ccccc12)S(C)(=O)=O. The molecule has 5 heteroatoms. The minimum atomic E-state index is -3.29. The van der Waals surface area contributed by atoms with E-state index < -0.39 is 20.0 Å². The van der Waals surface area contributed by atoms with Crippen molar-refractivity contribution in [1.29, 1.82) is 0 Å². The van der Waals surface area contributed by atoms with Crippen molar-refractivity contribution in [2.24, 2.45) is 0 Å². The van der Waals surface area contributed by atoms with E-state index in [0.717, 1.165) is 16.3 Å². The number of alkyl halides is 1. The summed E-state index contributed by atoms with van der Waals surface area (Å²) in [7, 11) is -3.29. The first-order valence-corrected chi connectivity index (χ1v) is 8.87. The molecule has 0 aromatic heterocycles. The molecule has 20 heavy (non-hydrogen) atoms. The maximum atomic E-state index is 12.0. The predicted octanol–water partition coefficient (Wildman–Crippen LogP) is 4.60. The number of fused-ring (bicyclic) bond motifs is 1. The molecular weight excluding hydrogens is 315 g/mol. The molecule has 2 aromatic rings. The first kappa shape index (κ1) is 15.6. The molecule has 0 radical (unpaired) electrons. The van der Waals surface area contributed by atoms with E-state index in [1.807, 2.05) is 24.3 Å². The Labute approximate surface area is 129 Å². The molecule has 0 aliphatic heterocycles. The summed E-state index contributed by atoms with van der Waals surface area (Å²) in [6.45, 7) is 3.28. The van der Waals surface area contributed by atoms with Crippen molar-refractivity contribution >= 4 is 43.8 Å². The molecule has 0 amide bonds. The lowest BCUT2D eigenvalue weighted by molar-refractivity contribution is 0.544. The zero-order chi connectivity index (χ0) is 15.1. The van der Waals surface area contributed by atoms with Crippen molar-refractivity contribution in [2.75, 3.05) is 6.26 Å². The topological polar surface area (TPSA) is 34.1 Å². The lowest BCUT2D eigenvalue weighted by Gasteiger charge is -2.29. The quantitative estimate of drug-likeness (QED) is 0.771. The Hall–Kier alpha value is -0.770. The van der Waals surface area contributed by atoms with E-state index in [-0.39, 0.29) is 0 Å². The van der Waals surface area contributed by atoms with Gasteiger partial charge in [-0.1, -0.05) is 41.9 Å². The Morgan fingerprint density at radius 1 is 1.05 bits per heavy atom. The molecule has 0 aliphatic rings. The van der Waals surface area contributed by atoms with Crippen LogP contribution in [0.2, 0.25) is 5.02 Å². The van der Waals surface area contributed by atoms with Crippen molar-refractivity contribution in [3.05, 3.63) is 47.0 Å². The van der Waals surface area contributed by atoms with Crippen molar-refractivity contribution in [2.45, 2.75) is 24.0 Å². The molecule has 0 heterocycles. The second-order valence-corrected chi connectivity index (χ2v) is 8.86. The highest BCUT2D eigenvalue weighted by Crippen LogP contribution is 2.41. The van der Waals surface area contributed by atoms with Gasteiger partial charge in [-0.15, -0.1) is 11.6 Å². The summed E-state index contributed by atoms with van der Waals surface area (Å²) in [6, 6.07) is 11.1. The van der Waals surface area contributed by atoms with Crippen LogP contribution in [-0.2, 0) is 9.84 Å². The maximum Gasteiger partial charge on any atom is 0.154 e. The fraction of sp³-hybridized carbons (Fsp3) is 0.333. The van der Waals surface area contributed by atoms with Gasteiger partial charge in [-0.2, -0.15) is 0 Å². The van der Waals surface area contributed by atoms with Crippen LogP contribution in [0.4, 0.5) is 0 Å². The van der Waals surface area contributed by atoms with E-state index in [1.54, 1.807) is 26.0 Å². The smallest absolute Gasteiger partial charge is 0.154 e. The molecule has 0 N–H and O–H groups in total. The predicted molar refractivity (Wildman–Crippen MR) is 86.5 cm³/mol. The Balaban J connectivity index is 2.68. The van der Waals surface area contributed by atoms with Gasteiger partial charge in [0.2, 0.25) is 0 Å². The van der Waals surface area contributed by atoms with Gasteiger partial charge in [0.05, 0.1) is 10.1 Å². The lowest BCUT2D eigenvalue weighted by Crippen LogP contribution is -2.35. The molecule has 108 valence electrons. The highest BCUT2D eigenvalue weighted by Gasteiger charge is 2.39. The highest BCUT2D eigenvalue weighted by atomic mass is 35.5. The molecule has 0 saturated carbocycles. The molecule has 0 spiro atoms. The van der Waals surface area contributed by atoms with E-state index in [9.17, 15) is 8.42 Å². The van der Waals surface area contributed by atoms with Gasteiger partial charge in [0.15, 0.2) is 9.84 Å². The summed E-state index contributed by atoms with van der Waals surface area (Å²) >= 11 is 12.7. The average molecular weight is 331 g/mol. The second-order valence-electron chi connectivity index (χ2n) is 5.42. The first-order valence-electron chi connectivity index (χ1n) is 6.17. The third-order valence-corrected chi connectivity index (χ3v) is 7.13. The first-order chi connectivity index (χ1) is 9.16. The summed E-state index contributed by atoms with van der Waals surface area (Å²) in [4.78, 5) is 0. The second kappa shape index (κ2) is 5.21. The van der Waals surface area contributed by atoms with E-state index in [0.29, 0.717) is 5.02 Å². The molecule has 1 unspecified atom stereocenters. The van der Waals surface area contributed by atoms with Gasteiger partial charge < -0.3 is 0 Å². The van der Waals surface area contributed by atoms with Crippen molar-refractivity contribution < 1.29 is 8.42 Å².